The van der Waals surface area contributed by atoms with Crippen molar-refractivity contribution in [2.24, 2.45) is 94.7 Å². The number of imidazole rings is 2. The maximum absolute atomic E-state index is 14.4. The third-order valence-electron chi connectivity index (χ3n) is 23.5. The number of amides is 7. The molecule has 7 aliphatic rings. The minimum atomic E-state index is -5.32. The fourth-order valence-electron chi connectivity index (χ4n) is 17.3. The maximum atomic E-state index is 14.4. The van der Waals surface area contributed by atoms with Crippen molar-refractivity contribution in [2.75, 3.05) is 18.9 Å². The molecule has 4 aromatic rings. The minimum Gasteiger partial charge on any atom is -0.756 e. The van der Waals surface area contributed by atoms with Crippen LogP contribution in [0.25, 0.3) is 27.5 Å². The van der Waals surface area contributed by atoms with Crippen LogP contribution < -0.4 is 50.3 Å². The molecular weight excluding hydrogens is 1480 g/mol. The maximum Gasteiger partial charge on any atom is 2.00 e. The van der Waals surface area contributed by atoms with E-state index in [-0.39, 0.29) is 99.8 Å². The van der Waals surface area contributed by atoms with Gasteiger partial charge in [-0.2, -0.15) is 5.70 Å². The molecule has 10 heterocycles. The number of hydrogen-bond donors (Lipinski definition) is 12. The summed E-state index contributed by atoms with van der Waals surface area (Å²) in [6.07, 6.45) is -5.69. The number of nitrogens with two attached hydrogens (primary N) is 7. The molecule has 8 bridgehead atoms. The van der Waals surface area contributed by atoms with Crippen molar-refractivity contribution in [3.05, 3.63) is 88.8 Å². The smallest absolute Gasteiger partial charge is 0.756 e. The number of carbonyl (C=O) groups is 7. The Bertz CT molecular complexity index is 4520. The number of primary amides is 6. The average Bonchev–Trinajstić information content (AvgIpc) is 1.53. The Morgan fingerprint density at radius 2 is 1.34 bits per heavy atom. The first-order chi connectivity index (χ1) is 50.4. The average molecular weight is 1580 g/mol. The van der Waals surface area contributed by atoms with Crippen LogP contribution in [0, 0.1) is 66.1 Å². The number of allylic oxidation sites excluding steroid dienone is 6. The third-order valence-corrected chi connectivity index (χ3v) is 24.6. The summed E-state index contributed by atoms with van der Waals surface area (Å²) in [7, 11) is -5.32. The molecule has 1 radical (unpaired) electrons. The van der Waals surface area contributed by atoms with Gasteiger partial charge in [-0.1, -0.05) is 40.7 Å². The van der Waals surface area contributed by atoms with Gasteiger partial charge in [0.15, 0.2) is 23.9 Å². The fourth-order valence-corrected chi connectivity index (χ4v) is 18.5. The summed E-state index contributed by atoms with van der Waals surface area (Å²) < 4.78 is 38.8. The number of rotatable bonds is 27. The molecule has 109 heavy (non-hydrogen) atoms. The predicted octanol–water partition coefficient (Wildman–Crippen LogP) is 2.17. The number of aryl methyl sites for hydroxylation is 2. The summed E-state index contributed by atoms with van der Waals surface area (Å²) in [5.41, 5.74) is 43.2. The number of aliphatic hydroxyl groups is 4. The summed E-state index contributed by atoms with van der Waals surface area (Å²) in [4.78, 5) is 140. The second-order valence-electron chi connectivity index (χ2n) is 31.1. The van der Waals surface area contributed by atoms with Crippen molar-refractivity contribution in [3.8, 4) is 0 Å². The number of nitrogen functional groups attached to an aromatic ring is 1. The van der Waals surface area contributed by atoms with E-state index in [2.05, 4.69) is 32.2 Å². The molecule has 37 heteroatoms. The molecule has 7 amide bonds. The van der Waals surface area contributed by atoms with Gasteiger partial charge >= 0.3 is 16.8 Å². The number of nitrogens with zero attached hydrogens (tertiary/aromatic N) is 10. The van der Waals surface area contributed by atoms with Crippen molar-refractivity contribution in [3.63, 3.8) is 0 Å². The van der Waals surface area contributed by atoms with Gasteiger partial charge in [-0.3, -0.25) is 57.7 Å². The van der Waals surface area contributed by atoms with Crippen molar-refractivity contribution in [1.29, 1.82) is 0 Å². The van der Waals surface area contributed by atoms with Crippen molar-refractivity contribution >= 4 is 94.3 Å². The van der Waals surface area contributed by atoms with Crippen molar-refractivity contribution in [1.82, 2.24) is 34.4 Å². The van der Waals surface area contributed by atoms with Gasteiger partial charge in [0.25, 0.3) is 7.82 Å². The Labute approximate surface area is 640 Å². The van der Waals surface area contributed by atoms with E-state index < -0.39 is 168 Å². The molecule has 3 aromatic heterocycles. The normalized spacial score (nSPS) is 31.8. The number of nitrogens with one attached hydrogen (secondary N) is 1. The molecule has 1 aromatic carbocycles. The molecule has 11 rings (SSSR count). The predicted molar refractivity (Wildman–Crippen MR) is 393 cm³/mol. The van der Waals surface area contributed by atoms with Gasteiger partial charge in [0, 0.05) is 108 Å². The van der Waals surface area contributed by atoms with Gasteiger partial charge in [0.2, 0.25) is 41.4 Å². The number of phosphoric ester groups is 1. The van der Waals surface area contributed by atoms with E-state index in [9.17, 15) is 63.4 Å². The van der Waals surface area contributed by atoms with Crippen LogP contribution in [-0.2, 0) is 73.4 Å². The first kappa shape index (κ1) is 84.8. The standard InChI is InChI=1S/C62H90N13O14P.C10H12N5O3.Co/c1-29-20-39-40(21-30(29)2)75(28-70-39)57-52(84)53(41(27-76)87-57)89-90(85,86)88-31(3)26-69-49(83)18-19-59(8)37(22-46(66)80)56-62(11)61(10,25-48(68)82)36(14-17-45(65)79)51(74-62)33(5)55-60(9,24-47(67)81)34(12-15-43(63)77)38(71-55)23-42-58(6,7)35(13-16-44(64)78)50(72-42)32(4)54(59)73-56;1-4-6(16)7(17)10(18-4)15-3-14-5-8(11)12-2-13-9(5)15;/h20-21,23,28,31,34-37,41,52-53,56-57,76,84H,12-19,22,24-27H2,1-11H3,(H15,63,64,65,66,67,68,69,71,72,73,74,77,78,79,80,81,82,83,85,86);2-4,6-7,10,16-17H,1H2,(H2,11,12,13);/q;-1;+2/p-2. The van der Waals surface area contributed by atoms with Crippen molar-refractivity contribution in [2.45, 2.75) is 214 Å². The van der Waals surface area contributed by atoms with Crippen LogP contribution in [0.3, 0.4) is 0 Å². The number of anilines is 1. The topological polar surface area (TPSA) is 584 Å². The van der Waals surface area contributed by atoms with E-state index in [1.165, 1.54) is 35.0 Å². The molecular formula is C72H100CoN18O17P-. The second-order valence-corrected chi connectivity index (χ2v) is 32.4. The Balaban J connectivity index is 0.000000623. The number of fused-ring (bicyclic) bond motifs is 8. The van der Waals surface area contributed by atoms with Crippen LogP contribution in [-0.4, -0.2) is 175 Å². The Hall–Kier alpha value is -8.26. The number of phosphoric acid groups is 1. The first-order valence-electron chi connectivity index (χ1n) is 35.9. The van der Waals surface area contributed by atoms with Gasteiger partial charge < -0.3 is 106 Å². The number of benzene rings is 1. The monoisotopic (exact) mass is 1580 g/mol. The van der Waals surface area contributed by atoms with Crippen LogP contribution in [0.2, 0.25) is 0 Å². The molecule has 0 spiro atoms. The second kappa shape index (κ2) is 32.2. The largest absolute Gasteiger partial charge is 2.00 e. The number of aliphatic hydroxyl groups excluding tert-OH is 4. The first-order valence-corrected chi connectivity index (χ1v) is 37.3. The van der Waals surface area contributed by atoms with Gasteiger partial charge in [-0.25, -0.2) is 19.9 Å². The van der Waals surface area contributed by atoms with E-state index in [1.807, 2.05) is 80.5 Å². The molecule has 7 aliphatic heterocycles. The zero-order valence-corrected chi connectivity index (χ0v) is 64.8. The van der Waals surface area contributed by atoms with Crippen LogP contribution in [0.4, 0.5) is 5.82 Å². The van der Waals surface area contributed by atoms with Crippen LogP contribution in [0.15, 0.2) is 80.4 Å². The SMILES string of the molecule is CC1=C2N=C(C=C3N=C(C(C)=C4[N-]C(C(CC(N)=O)C4(C)CCC(=O)NCC(C)OP(=O)([O-])OC4C(CO)OC(n5cnc6cc(C)c(C)cc65)C4O)C4(C)N=C1C(CCC(N)=O)C4(C)CC(N)=O)C(CCC(N)=O)C3(C)C)C(CCC(N)=O)C2(C)CC(N)=O.[CH2-]C1OC(n2cnc3c(N)ncnc32)C(O)C1O.[Co+2]. The molecule has 0 saturated carbocycles. The van der Waals surface area contributed by atoms with Crippen LogP contribution >= 0.6 is 7.82 Å². The van der Waals surface area contributed by atoms with Gasteiger partial charge in [-0.15, -0.1) is 0 Å². The Kier molecular flexibility index (Phi) is 25.0. The zero-order chi connectivity index (χ0) is 79.6. The number of carbonyl (C=O) groups excluding carboxylic acids is 7. The Morgan fingerprint density at radius 1 is 0.734 bits per heavy atom. The van der Waals surface area contributed by atoms with Gasteiger partial charge in [0.05, 0.1) is 53.7 Å². The molecule has 35 nitrogen and oxygen atoms in total. The molecule has 0 aliphatic carbocycles. The Morgan fingerprint density at radius 3 is 1.94 bits per heavy atom. The van der Waals surface area contributed by atoms with Gasteiger partial charge in [0.1, 0.15) is 36.3 Å². The van der Waals surface area contributed by atoms with Crippen LogP contribution in [0.5, 0.6) is 0 Å². The number of aromatic nitrogens is 6. The molecule has 3 saturated heterocycles. The van der Waals surface area contributed by atoms with E-state index in [1.54, 1.807) is 6.92 Å². The summed E-state index contributed by atoms with van der Waals surface area (Å²) in [5, 5.41) is 49.6. The molecule has 3 fully saturated rings. The molecule has 19 N–H and O–H groups in total. The molecule has 595 valence electrons. The van der Waals surface area contributed by atoms with E-state index >= 15 is 0 Å². The summed E-state index contributed by atoms with van der Waals surface area (Å²) in [5.74, 6) is -7.16. The van der Waals surface area contributed by atoms with Crippen LogP contribution in [0.1, 0.15) is 157 Å². The minimum absolute atomic E-state index is 0. The fraction of sp³-hybridized carbons (Fsp3) is 0.597. The summed E-state index contributed by atoms with van der Waals surface area (Å²) in [6, 6.07) is 2.65. The van der Waals surface area contributed by atoms with E-state index in [4.69, 9.17) is 79.0 Å². The molecule has 19 unspecified atom stereocenters. The third kappa shape index (κ3) is 16.3. The summed E-state index contributed by atoms with van der Waals surface area (Å²) >= 11 is 0. The number of aliphatic imine (C=N–C) groups is 3. The zero-order valence-electron chi connectivity index (χ0n) is 62.8. The molecule has 19 atom stereocenters. The quantitative estimate of drug-likeness (QED) is 0.0301. The summed E-state index contributed by atoms with van der Waals surface area (Å²) in [6.45, 7) is 22.6. The van der Waals surface area contributed by atoms with E-state index in [0.29, 0.717) is 67.6 Å². The van der Waals surface area contributed by atoms with Crippen molar-refractivity contribution < 1.29 is 98.7 Å². The van der Waals surface area contributed by atoms with Gasteiger partial charge in [-0.05, 0) is 125 Å². The number of hydrogen-bond acceptors (Lipinski definition) is 25. The van der Waals surface area contributed by atoms with E-state index in [0.717, 1.165) is 11.1 Å². The number of ether oxygens (including phenoxy) is 2.